The number of nitrogens with one attached hydrogen (secondary N) is 2. The Morgan fingerprint density at radius 2 is 1.53 bits per heavy atom. The lowest BCUT2D eigenvalue weighted by molar-refractivity contribution is -0.155. The van der Waals surface area contributed by atoms with Crippen LogP contribution < -0.4 is 16.4 Å². The van der Waals surface area contributed by atoms with E-state index in [0.717, 1.165) is 21.6 Å². The maximum atomic E-state index is 14.4. The van der Waals surface area contributed by atoms with Crippen LogP contribution in [-0.4, -0.2) is 126 Å². The van der Waals surface area contributed by atoms with Crippen molar-refractivity contribution in [2.75, 3.05) is 36.9 Å². The number of anilines is 1. The van der Waals surface area contributed by atoms with Crippen LogP contribution in [0, 0.1) is 6.92 Å². The van der Waals surface area contributed by atoms with Crippen molar-refractivity contribution in [3.8, 4) is 0 Å². The zero-order chi connectivity index (χ0) is 48.7. The maximum Gasteiger partial charge on any atom is 0.356 e. The van der Waals surface area contributed by atoms with Crippen molar-refractivity contribution >= 4 is 75.0 Å². The molecule has 4 heterocycles. The molecule has 1 aromatic heterocycles. The average Bonchev–Trinajstić information content (AvgIpc) is 3.76. The van der Waals surface area contributed by atoms with Gasteiger partial charge in [0.2, 0.25) is 11.1 Å². The molecular weight excluding hydrogens is 937 g/mol. The molecule has 0 radical (unpaired) electrons. The number of esters is 1. The highest BCUT2D eigenvalue weighted by Crippen LogP contribution is 2.43. The van der Waals surface area contributed by atoms with Gasteiger partial charge in [-0.2, -0.15) is 8.42 Å². The maximum absolute atomic E-state index is 14.4. The van der Waals surface area contributed by atoms with Gasteiger partial charge in [-0.3, -0.25) is 33.5 Å². The number of piperazine rings is 1. The molecule has 0 aliphatic carbocycles. The predicted molar refractivity (Wildman–Crippen MR) is 249 cm³/mol. The van der Waals surface area contributed by atoms with E-state index in [4.69, 9.17) is 15.0 Å². The number of benzene rings is 4. The molecule has 5 aromatic rings. The summed E-state index contributed by atoms with van der Waals surface area (Å²) in [5, 5.41) is 16.7. The summed E-state index contributed by atoms with van der Waals surface area (Å²) in [6.45, 7) is 3.94. The predicted octanol–water partition coefficient (Wildman–Crippen LogP) is 3.25. The van der Waals surface area contributed by atoms with E-state index in [2.05, 4.69) is 26.2 Å². The van der Waals surface area contributed by atoms with Crippen LogP contribution in [0.4, 0.5) is 10.5 Å². The van der Waals surface area contributed by atoms with Gasteiger partial charge in [0.05, 0.1) is 4.90 Å². The molecule has 2 fully saturated rings. The molecule has 0 spiro atoms. The molecule has 2 saturated heterocycles. The fourth-order valence-electron chi connectivity index (χ4n) is 7.33. The van der Waals surface area contributed by atoms with Crippen LogP contribution >= 0.6 is 23.5 Å². The van der Waals surface area contributed by atoms with Crippen LogP contribution in [0.3, 0.4) is 0 Å². The molecule has 0 unspecified atom stereocenters. The molecule has 8 rings (SSSR count). The third-order valence-corrected chi connectivity index (χ3v) is 14.3. The number of hydrogen-bond acceptors (Lipinski definition) is 15. The van der Waals surface area contributed by atoms with Crippen LogP contribution in [0.25, 0.3) is 0 Å². The number of likely N-dealkylation sites (N-methyl/N-ethyl adjacent to an activating group) is 1. The SMILES string of the molecule is CCN1CCN(C(=O)N[C@H](C(=O)N[C@@H]2C(=O)N3C(C(=O)OC(c4ccccc4)c4ccccc4)=C(CSc4nnnn4C)CS[C@H]23)c2ccc(N)cc2)C(=O)C1=O.Cc1ccc(S(=O)(=O)O)cc1. The van der Waals surface area contributed by atoms with Crippen LogP contribution in [0.15, 0.2) is 131 Å². The van der Waals surface area contributed by atoms with Crippen LogP contribution in [0.1, 0.15) is 41.3 Å². The average molecular weight is 983 g/mol. The smallest absolute Gasteiger partial charge is 0.356 e. The van der Waals surface area contributed by atoms with Gasteiger partial charge in [-0.25, -0.2) is 14.3 Å². The van der Waals surface area contributed by atoms with Crippen molar-refractivity contribution in [1.82, 2.24) is 45.5 Å². The number of nitrogen functional groups attached to an aromatic ring is 1. The zero-order valence-corrected chi connectivity index (χ0v) is 39.2. The quantitative estimate of drug-likeness (QED) is 0.0329. The molecule has 3 atom stereocenters. The normalized spacial score (nSPS) is 17.4. The van der Waals surface area contributed by atoms with Gasteiger partial charge in [0, 0.05) is 43.9 Å². The summed E-state index contributed by atoms with van der Waals surface area (Å²) >= 11 is 2.65. The number of thioether (sulfide) groups is 2. The van der Waals surface area contributed by atoms with E-state index in [-0.39, 0.29) is 29.4 Å². The number of carbonyl (C=O) groups is 6. The molecule has 0 bridgehead atoms. The number of urea groups is 1. The highest BCUT2D eigenvalue weighted by atomic mass is 32.2. The number of amides is 6. The first-order valence-electron chi connectivity index (χ1n) is 21.0. The minimum absolute atomic E-state index is 0.0616. The van der Waals surface area contributed by atoms with Gasteiger partial charge in [0.1, 0.15) is 23.2 Å². The summed E-state index contributed by atoms with van der Waals surface area (Å²) < 4.78 is 37.3. The molecule has 5 N–H and O–H groups in total. The van der Waals surface area contributed by atoms with Crippen molar-refractivity contribution in [3.05, 3.63) is 143 Å². The summed E-state index contributed by atoms with van der Waals surface area (Å²) in [6.07, 6.45) is -0.791. The molecular formula is C45H46N10O10S3. The first-order valence-corrected chi connectivity index (χ1v) is 24.5. The molecule has 6 amide bonds. The second-order valence-electron chi connectivity index (χ2n) is 15.5. The number of carbonyl (C=O) groups excluding carboxylic acids is 6. The second kappa shape index (κ2) is 21.3. The minimum atomic E-state index is -4.02. The van der Waals surface area contributed by atoms with E-state index >= 15 is 0 Å². The Labute approximate surface area is 399 Å². The van der Waals surface area contributed by atoms with Gasteiger partial charge in [-0.1, -0.05) is 102 Å². The van der Waals surface area contributed by atoms with Crippen molar-refractivity contribution in [1.29, 1.82) is 0 Å². The number of fused-ring (bicyclic) bond motifs is 1. The number of imide groups is 1. The fourth-order valence-corrected chi connectivity index (χ4v) is 10.1. The highest BCUT2D eigenvalue weighted by molar-refractivity contribution is 8.01. The number of aromatic nitrogens is 4. The summed E-state index contributed by atoms with van der Waals surface area (Å²) in [4.78, 5) is 84.8. The molecule has 23 heteroatoms. The number of tetrazole rings is 1. The van der Waals surface area contributed by atoms with Gasteiger partial charge >= 0.3 is 23.8 Å². The third-order valence-electron chi connectivity index (χ3n) is 11.0. The van der Waals surface area contributed by atoms with Gasteiger partial charge < -0.3 is 26.0 Å². The largest absolute Gasteiger partial charge is 0.448 e. The Hall–Kier alpha value is -7.08. The lowest BCUT2D eigenvalue weighted by Crippen LogP contribution is -2.71. The Morgan fingerprint density at radius 1 is 0.897 bits per heavy atom. The number of rotatable bonds is 13. The molecule has 20 nitrogen and oxygen atoms in total. The van der Waals surface area contributed by atoms with Gasteiger partial charge in [0.25, 0.3) is 16.0 Å². The van der Waals surface area contributed by atoms with Crippen molar-refractivity contribution in [2.24, 2.45) is 7.05 Å². The molecule has 4 aromatic carbocycles. The number of aryl methyl sites for hydroxylation is 2. The lowest BCUT2D eigenvalue weighted by Gasteiger charge is -2.50. The Balaban J connectivity index is 0.000000548. The monoisotopic (exact) mass is 982 g/mol. The summed E-state index contributed by atoms with van der Waals surface area (Å²) in [6, 6.07) is 27.2. The van der Waals surface area contributed by atoms with Crippen molar-refractivity contribution in [3.63, 3.8) is 0 Å². The van der Waals surface area contributed by atoms with E-state index in [0.29, 0.717) is 34.3 Å². The van der Waals surface area contributed by atoms with E-state index in [1.807, 2.05) is 67.6 Å². The molecule has 0 saturated carbocycles. The highest BCUT2D eigenvalue weighted by Gasteiger charge is 2.55. The van der Waals surface area contributed by atoms with Gasteiger partial charge in [-0.15, -0.1) is 16.9 Å². The fraction of sp³-hybridized carbons (Fsp3) is 0.267. The first-order chi connectivity index (χ1) is 32.5. The van der Waals surface area contributed by atoms with E-state index < -0.39 is 69.3 Å². The van der Waals surface area contributed by atoms with Crippen molar-refractivity contribution in [2.45, 2.75) is 47.5 Å². The van der Waals surface area contributed by atoms with Gasteiger partial charge in [0.15, 0.2) is 6.10 Å². The zero-order valence-electron chi connectivity index (χ0n) is 36.8. The molecule has 354 valence electrons. The number of nitrogens with zero attached hydrogens (tertiary/aromatic N) is 7. The lowest BCUT2D eigenvalue weighted by atomic mass is 10.00. The number of hydrogen-bond donors (Lipinski definition) is 4. The van der Waals surface area contributed by atoms with Gasteiger partial charge in [-0.05, 0) is 70.8 Å². The summed E-state index contributed by atoms with van der Waals surface area (Å²) in [5.74, 6) is -3.31. The van der Waals surface area contributed by atoms with E-state index in [9.17, 15) is 37.2 Å². The standard InChI is InChI=1S/C38H38N10O7S2.C7H8O3S/c1-3-46-18-19-47(34(52)33(46)51)37(54)41-27(22-14-16-26(39)17-15-22)31(49)40-28-32(50)48-29(25(20-56-35(28)48)21-57-38-42-43-44-45(38)2)36(53)55-30(23-10-6-4-7-11-23)24-12-8-5-9-13-24;1-6-2-4-7(5-3-6)11(8,9)10/h4-17,27-28,30,35H,3,18-21,39H2,1-2H3,(H,40,49)(H,41,54);2-5H,1H3,(H,8,9,10)/t27-,28+,35+;/m0./s1. The Morgan fingerprint density at radius 3 is 2.10 bits per heavy atom. The van der Waals surface area contributed by atoms with Crippen LogP contribution in [-0.2, 0) is 45.9 Å². The van der Waals surface area contributed by atoms with Crippen molar-refractivity contribution < 1.29 is 46.5 Å². The third kappa shape index (κ3) is 11.0. The molecule has 3 aliphatic rings. The number of nitrogens with two attached hydrogens (primary N) is 1. The summed E-state index contributed by atoms with van der Waals surface area (Å²) in [5.41, 5.74) is 9.71. The van der Waals surface area contributed by atoms with E-state index in [1.165, 1.54) is 62.3 Å². The molecule has 3 aliphatic heterocycles. The Kier molecular flexibility index (Phi) is 15.3. The second-order valence-corrected chi connectivity index (χ2v) is 19.0. The number of ether oxygens (including phenoxy) is 1. The van der Waals surface area contributed by atoms with Crippen LogP contribution in [0.2, 0.25) is 0 Å². The number of β-lactam (4-membered cyclic amide) rings is 1. The Bertz CT molecular complexity index is 2790. The first kappa shape index (κ1) is 48.8. The minimum Gasteiger partial charge on any atom is -0.448 e. The van der Waals surface area contributed by atoms with Crippen LogP contribution in [0.5, 0.6) is 0 Å². The summed E-state index contributed by atoms with van der Waals surface area (Å²) in [7, 11) is -2.33. The molecule has 68 heavy (non-hydrogen) atoms. The topological polar surface area (TPSA) is 269 Å². The van der Waals surface area contributed by atoms with E-state index in [1.54, 1.807) is 38.2 Å².